The van der Waals surface area contributed by atoms with Crippen LogP contribution in [0.5, 0.6) is 11.5 Å². The maximum absolute atomic E-state index is 12.5. The van der Waals surface area contributed by atoms with Gasteiger partial charge < -0.3 is 19.4 Å². The number of nitrogens with zero attached hydrogens (tertiary/aromatic N) is 3. The molecule has 8 nitrogen and oxygen atoms in total. The fourth-order valence-corrected chi connectivity index (χ4v) is 3.65. The van der Waals surface area contributed by atoms with Crippen molar-refractivity contribution >= 4 is 5.91 Å². The van der Waals surface area contributed by atoms with Gasteiger partial charge in [-0.05, 0) is 47.5 Å². The van der Waals surface area contributed by atoms with E-state index in [2.05, 4.69) is 15.2 Å². The van der Waals surface area contributed by atoms with Crippen LogP contribution in [0.4, 0.5) is 0 Å². The average molecular weight is 485 g/mol. The molecule has 36 heavy (non-hydrogen) atoms. The Kier molecular flexibility index (Phi) is 8.08. The Morgan fingerprint density at radius 3 is 2.39 bits per heavy atom. The van der Waals surface area contributed by atoms with Gasteiger partial charge in [-0.3, -0.25) is 9.59 Å². The second-order valence-corrected chi connectivity index (χ2v) is 8.35. The summed E-state index contributed by atoms with van der Waals surface area (Å²) in [6.07, 6.45) is 0.400. The number of H-pyrrole nitrogens is 1. The van der Waals surface area contributed by atoms with Crippen molar-refractivity contribution in [2.45, 2.75) is 26.0 Å². The van der Waals surface area contributed by atoms with Crippen LogP contribution in [0.25, 0.3) is 11.4 Å². The lowest BCUT2D eigenvalue weighted by molar-refractivity contribution is -0.130. The number of rotatable bonds is 10. The van der Waals surface area contributed by atoms with Crippen LogP contribution in [-0.4, -0.2) is 40.1 Å². The molecule has 1 amide bonds. The van der Waals surface area contributed by atoms with Crippen molar-refractivity contribution in [2.75, 3.05) is 14.2 Å². The van der Waals surface area contributed by atoms with Crippen LogP contribution >= 0.6 is 0 Å². The molecule has 8 heteroatoms. The number of amides is 1. The molecule has 1 heterocycles. The number of hydrogen-bond donors (Lipinski definition) is 1. The number of nitrogens with one attached hydrogen (secondary N) is 1. The smallest absolute Gasteiger partial charge is 0.273 e. The van der Waals surface area contributed by atoms with Crippen molar-refractivity contribution in [1.29, 1.82) is 0 Å². The molecule has 0 spiro atoms. The van der Waals surface area contributed by atoms with E-state index in [1.165, 1.54) is 0 Å². The van der Waals surface area contributed by atoms with Crippen molar-refractivity contribution in [1.82, 2.24) is 20.1 Å². The highest BCUT2D eigenvalue weighted by atomic mass is 16.5. The Labute approximate surface area is 209 Å². The van der Waals surface area contributed by atoms with Crippen molar-refractivity contribution in [3.05, 3.63) is 106 Å². The summed E-state index contributed by atoms with van der Waals surface area (Å²) in [5, 5.41) is 8.23. The van der Waals surface area contributed by atoms with Gasteiger partial charge in [0, 0.05) is 32.0 Å². The van der Waals surface area contributed by atoms with Crippen molar-refractivity contribution in [3.63, 3.8) is 0 Å². The molecule has 1 N–H and O–H groups in total. The van der Waals surface area contributed by atoms with Gasteiger partial charge in [-0.1, -0.05) is 42.5 Å². The predicted octanol–water partition coefficient (Wildman–Crippen LogP) is 4.01. The first kappa shape index (κ1) is 24.7. The highest BCUT2D eigenvalue weighted by molar-refractivity contribution is 5.76. The number of aromatic amines is 1. The van der Waals surface area contributed by atoms with Gasteiger partial charge in [0.2, 0.25) is 5.91 Å². The van der Waals surface area contributed by atoms with Crippen LogP contribution in [0.1, 0.15) is 23.2 Å². The number of aromatic nitrogens is 3. The highest BCUT2D eigenvalue weighted by Gasteiger charge is 2.13. The first-order valence-corrected chi connectivity index (χ1v) is 11.6. The summed E-state index contributed by atoms with van der Waals surface area (Å²) >= 11 is 0. The van der Waals surface area contributed by atoms with Crippen LogP contribution in [0.2, 0.25) is 0 Å². The van der Waals surface area contributed by atoms with Gasteiger partial charge in [0.15, 0.2) is 5.82 Å². The molecule has 4 aromatic rings. The lowest BCUT2D eigenvalue weighted by Gasteiger charge is -2.17. The molecule has 4 rings (SSSR count). The maximum atomic E-state index is 12.5. The number of methoxy groups -OCH3 is 1. The fraction of sp³-hybridized carbons (Fsp3) is 0.214. The van der Waals surface area contributed by atoms with Gasteiger partial charge in [0.05, 0.1) is 7.11 Å². The van der Waals surface area contributed by atoms with Gasteiger partial charge >= 0.3 is 0 Å². The van der Waals surface area contributed by atoms with Gasteiger partial charge in [0.1, 0.15) is 23.8 Å². The zero-order valence-corrected chi connectivity index (χ0v) is 20.3. The molecule has 1 aromatic heterocycles. The molecule has 184 valence electrons. The molecule has 0 radical (unpaired) electrons. The zero-order valence-electron chi connectivity index (χ0n) is 20.3. The summed E-state index contributed by atoms with van der Waals surface area (Å²) in [6.45, 7) is 0.918. The van der Waals surface area contributed by atoms with Crippen LogP contribution in [0.15, 0.2) is 83.7 Å². The number of hydrogen-bond acceptors (Lipinski definition) is 6. The molecule has 3 aromatic carbocycles. The number of benzene rings is 3. The van der Waals surface area contributed by atoms with E-state index in [0.29, 0.717) is 30.3 Å². The highest BCUT2D eigenvalue weighted by Crippen LogP contribution is 2.20. The second-order valence-electron chi connectivity index (χ2n) is 8.35. The van der Waals surface area contributed by atoms with E-state index < -0.39 is 0 Å². The van der Waals surface area contributed by atoms with Crippen LogP contribution < -0.4 is 15.0 Å². The Morgan fingerprint density at radius 1 is 0.917 bits per heavy atom. The monoisotopic (exact) mass is 484 g/mol. The minimum absolute atomic E-state index is 0.0614. The quantitative estimate of drug-likeness (QED) is 0.365. The minimum atomic E-state index is -0.350. The van der Waals surface area contributed by atoms with E-state index >= 15 is 0 Å². The molecular formula is C28H28N4O4. The first-order valence-electron chi connectivity index (χ1n) is 11.6. The minimum Gasteiger partial charge on any atom is -0.497 e. The lowest BCUT2D eigenvalue weighted by atomic mass is 10.2. The summed E-state index contributed by atoms with van der Waals surface area (Å²) in [6, 6.07) is 24.7. The van der Waals surface area contributed by atoms with Gasteiger partial charge in [-0.2, -0.15) is 0 Å². The van der Waals surface area contributed by atoms with E-state index in [0.717, 1.165) is 16.9 Å². The fourth-order valence-electron chi connectivity index (χ4n) is 3.65. The largest absolute Gasteiger partial charge is 0.497 e. The standard InChI is InChI=1S/C28H28N4O4/c1-32(18-20-7-4-3-5-8-20)26(33)16-15-25-28(34)29-27(31-30-25)22-11-13-23(14-12-22)36-19-21-9-6-10-24(17-21)35-2/h3-14,17H,15-16,18-19H2,1-2H3,(H,29,31,34). The molecular weight excluding hydrogens is 456 g/mol. The SMILES string of the molecule is COc1cccc(COc2ccc(-c3nnc(CCC(=O)N(C)Cc4ccccc4)c(=O)[nH]3)cc2)c1. The summed E-state index contributed by atoms with van der Waals surface area (Å²) in [7, 11) is 3.38. The summed E-state index contributed by atoms with van der Waals surface area (Å²) in [4.78, 5) is 29.4. The van der Waals surface area contributed by atoms with Crippen molar-refractivity contribution in [3.8, 4) is 22.9 Å². The van der Waals surface area contributed by atoms with Gasteiger partial charge in [-0.15, -0.1) is 10.2 Å². The lowest BCUT2D eigenvalue weighted by Crippen LogP contribution is -2.27. The first-order chi connectivity index (χ1) is 17.5. The van der Waals surface area contributed by atoms with E-state index in [1.807, 2.05) is 78.9 Å². The van der Waals surface area contributed by atoms with Gasteiger partial charge in [0.25, 0.3) is 5.56 Å². The molecule has 0 saturated carbocycles. The summed E-state index contributed by atoms with van der Waals surface area (Å²) in [5.41, 5.74) is 2.63. The Morgan fingerprint density at radius 2 is 1.67 bits per heavy atom. The molecule has 0 fully saturated rings. The van der Waals surface area contributed by atoms with E-state index in [1.54, 1.807) is 19.1 Å². The summed E-state index contributed by atoms with van der Waals surface area (Å²) in [5.74, 6) is 1.76. The molecule has 0 saturated heterocycles. The molecule has 0 aliphatic heterocycles. The Balaban J connectivity index is 1.32. The third-order valence-electron chi connectivity index (χ3n) is 5.70. The van der Waals surface area contributed by atoms with Gasteiger partial charge in [-0.25, -0.2) is 0 Å². The average Bonchev–Trinajstić information content (AvgIpc) is 2.92. The molecule has 0 atom stereocenters. The van der Waals surface area contributed by atoms with E-state index in [-0.39, 0.29) is 30.0 Å². The van der Waals surface area contributed by atoms with E-state index in [4.69, 9.17) is 9.47 Å². The Hall–Kier alpha value is -4.46. The third kappa shape index (κ3) is 6.56. The predicted molar refractivity (Wildman–Crippen MR) is 137 cm³/mol. The normalized spacial score (nSPS) is 10.6. The molecule has 0 unspecified atom stereocenters. The topological polar surface area (TPSA) is 97.4 Å². The number of carbonyl (C=O) groups is 1. The maximum Gasteiger partial charge on any atom is 0.273 e. The zero-order chi connectivity index (χ0) is 25.3. The molecule has 0 bridgehead atoms. The van der Waals surface area contributed by atoms with Crippen LogP contribution in [-0.2, 0) is 24.4 Å². The molecule has 0 aliphatic carbocycles. The third-order valence-corrected chi connectivity index (χ3v) is 5.70. The van der Waals surface area contributed by atoms with Crippen LogP contribution in [0.3, 0.4) is 0 Å². The second kappa shape index (κ2) is 11.8. The number of aryl methyl sites for hydroxylation is 1. The Bertz CT molecular complexity index is 1350. The van der Waals surface area contributed by atoms with Crippen LogP contribution in [0, 0.1) is 0 Å². The van der Waals surface area contributed by atoms with E-state index in [9.17, 15) is 9.59 Å². The summed E-state index contributed by atoms with van der Waals surface area (Å²) < 4.78 is 11.1. The van der Waals surface area contributed by atoms with Crippen molar-refractivity contribution < 1.29 is 14.3 Å². The number of carbonyl (C=O) groups excluding carboxylic acids is 1. The van der Waals surface area contributed by atoms with Crippen molar-refractivity contribution in [2.24, 2.45) is 0 Å². The number of ether oxygens (including phenoxy) is 2. The molecule has 0 aliphatic rings.